The van der Waals surface area contributed by atoms with Gasteiger partial charge in [-0.3, -0.25) is 0 Å². The first-order valence-electron chi connectivity index (χ1n) is 3.98. The Bertz CT molecular complexity index is 342. The van der Waals surface area contributed by atoms with Gasteiger partial charge in [0.2, 0.25) is 0 Å². The monoisotopic (exact) mass is 207 g/mol. The molecule has 3 heteroatoms. The van der Waals surface area contributed by atoms with Crippen LogP contribution < -0.4 is 0 Å². The molecular formula is C10H9NS2. The summed E-state index contributed by atoms with van der Waals surface area (Å²) in [6, 6.07) is 14.4. The van der Waals surface area contributed by atoms with Crippen LogP contribution in [-0.2, 0) is 0 Å². The molecule has 2 rings (SSSR count). The van der Waals surface area contributed by atoms with Crippen LogP contribution in [0.2, 0.25) is 0 Å². The fraction of sp³-hybridized carbons (Fsp3) is 0. The zero-order chi connectivity index (χ0) is 8.93. The van der Waals surface area contributed by atoms with Crippen molar-refractivity contribution in [1.29, 1.82) is 0 Å². The highest BCUT2D eigenvalue weighted by Crippen LogP contribution is 2.35. The predicted octanol–water partition coefficient (Wildman–Crippen LogP) is 3.81. The van der Waals surface area contributed by atoms with E-state index in [4.69, 9.17) is 0 Å². The van der Waals surface area contributed by atoms with Crippen molar-refractivity contribution in [3.05, 3.63) is 48.7 Å². The highest BCUT2D eigenvalue weighted by Gasteiger charge is 1.95. The topological polar surface area (TPSA) is 15.8 Å². The zero-order valence-electron chi connectivity index (χ0n) is 6.94. The van der Waals surface area contributed by atoms with Crippen LogP contribution in [-0.4, -0.2) is 4.98 Å². The third-order valence-corrected chi connectivity index (χ3v) is 3.89. The Kier molecular flexibility index (Phi) is 3.00. The van der Waals surface area contributed by atoms with E-state index in [0.717, 1.165) is 0 Å². The summed E-state index contributed by atoms with van der Waals surface area (Å²) in [7, 11) is 3.50. The number of nitrogens with one attached hydrogen (secondary N) is 1. The third-order valence-electron chi connectivity index (χ3n) is 1.54. The van der Waals surface area contributed by atoms with Gasteiger partial charge < -0.3 is 4.98 Å². The predicted molar refractivity (Wildman–Crippen MR) is 58.9 cm³/mol. The Balaban J connectivity index is 1.94. The maximum Gasteiger partial charge on any atom is 0.0832 e. The smallest absolute Gasteiger partial charge is 0.0832 e. The molecule has 66 valence electrons. The molecule has 2 aromatic rings. The first-order valence-corrected chi connectivity index (χ1v) is 6.13. The summed E-state index contributed by atoms with van der Waals surface area (Å²) in [5.41, 5.74) is 0. The average Bonchev–Trinajstić information content (AvgIpc) is 2.69. The summed E-state index contributed by atoms with van der Waals surface area (Å²) >= 11 is 0. The van der Waals surface area contributed by atoms with E-state index in [1.807, 2.05) is 18.3 Å². The Morgan fingerprint density at radius 2 is 1.69 bits per heavy atom. The van der Waals surface area contributed by atoms with Crippen molar-refractivity contribution in [1.82, 2.24) is 4.98 Å². The van der Waals surface area contributed by atoms with Crippen molar-refractivity contribution in [2.45, 2.75) is 9.92 Å². The minimum Gasteiger partial charge on any atom is -0.356 e. The minimum atomic E-state index is 1.19. The van der Waals surface area contributed by atoms with E-state index >= 15 is 0 Å². The van der Waals surface area contributed by atoms with Gasteiger partial charge in [-0.05, 0) is 35.1 Å². The van der Waals surface area contributed by atoms with Gasteiger partial charge in [0, 0.05) is 11.1 Å². The molecular weight excluding hydrogens is 198 g/mol. The van der Waals surface area contributed by atoms with Crippen molar-refractivity contribution in [2.24, 2.45) is 0 Å². The van der Waals surface area contributed by atoms with Crippen LogP contribution in [0.5, 0.6) is 0 Å². The normalized spacial score (nSPS) is 10.2. The van der Waals surface area contributed by atoms with E-state index in [1.165, 1.54) is 9.92 Å². The number of hydrogen-bond acceptors (Lipinski definition) is 2. The number of benzene rings is 1. The van der Waals surface area contributed by atoms with Crippen LogP contribution in [0.3, 0.4) is 0 Å². The summed E-state index contributed by atoms with van der Waals surface area (Å²) in [4.78, 5) is 4.43. The fourth-order valence-corrected chi connectivity index (χ4v) is 2.84. The van der Waals surface area contributed by atoms with Gasteiger partial charge in [0.15, 0.2) is 0 Å². The van der Waals surface area contributed by atoms with Gasteiger partial charge in [-0.2, -0.15) is 0 Å². The molecule has 1 nitrogen and oxygen atoms in total. The number of aromatic amines is 1. The van der Waals surface area contributed by atoms with E-state index in [-0.39, 0.29) is 0 Å². The number of H-pyrrole nitrogens is 1. The highest BCUT2D eigenvalue weighted by molar-refractivity contribution is 8.76. The van der Waals surface area contributed by atoms with Crippen molar-refractivity contribution >= 4 is 21.6 Å². The molecule has 0 radical (unpaired) electrons. The fourth-order valence-electron chi connectivity index (χ4n) is 0.935. The summed E-state index contributed by atoms with van der Waals surface area (Å²) < 4.78 is 0. The molecule has 0 atom stereocenters. The number of aromatic nitrogens is 1. The van der Waals surface area contributed by atoms with Crippen molar-refractivity contribution < 1.29 is 0 Å². The van der Waals surface area contributed by atoms with E-state index in [9.17, 15) is 0 Å². The van der Waals surface area contributed by atoms with Crippen LogP contribution in [0, 0.1) is 0 Å². The van der Waals surface area contributed by atoms with Crippen LogP contribution in [0.1, 0.15) is 0 Å². The summed E-state index contributed by atoms with van der Waals surface area (Å²) in [6.07, 6.45) is 1.94. The standard InChI is InChI=1S/C10H9NS2/c1-2-5-9(6-3-1)12-13-10-7-4-8-11-10/h1-8,11H. The van der Waals surface area contributed by atoms with E-state index in [2.05, 4.69) is 35.3 Å². The molecule has 0 unspecified atom stereocenters. The molecule has 1 aromatic carbocycles. The van der Waals surface area contributed by atoms with E-state index < -0.39 is 0 Å². The Labute approximate surface area is 85.3 Å². The Hall–Kier alpha value is -0.800. The molecule has 0 spiro atoms. The molecule has 0 bridgehead atoms. The third kappa shape index (κ3) is 2.57. The molecule has 0 aliphatic heterocycles. The molecule has 1 N–H and O–H groups in total. The van der Waals surface area contributed by atoms with Crippen LogP contribution >= 0.6 is 21.6 Å². The van der Waals surface area contributed by atoms with E-state index in [0.29, 0.717) is 0 Å². The maximum atomic E-state index is 3.15. The van der Waals surface area contributed by atoms with Gasteiger partial charge in [0.05, 0.1) is 5.03 Å². The molecule has 0 aliphatic carbocycles. The lowest BCUT2D eigenvalue weighted by atomic mass is 10.4. The van der Waals surface area contributed by atoms with E-state index in [1.54, 1.807) is 21.6 Å². The molecule has 1 heterocycles. The van der Waals surface area contributed by atoms with Crippen LogP contribution in [0.15, 0.2) is 58.6 Å². The summed E-state index contributed by atoms with van der Waals surface area (Å²) in [5.74, 6) is 0. The molecule has 0 saturated heterocycles. The minimum absolute atomic E-state index is 1.19. The van der Waals surface area contributed by atoms with Crippen molar-refractivity contribution in [3.8, 4) is 0 Å². The van der Waals surface area contributed by atoms with Gasteiger partial charge in [0.1, 0.15) is 0 Å². The van der Waals surface area contributed by atoms with Gasteiger partial charge in [-0.1, -0.05) is 29.0 Å². The molecule has 13 heavy (non-hydrogen) atoms. The lowest BCUT2D eigenvalue weighted by Crippen LogP contribution is -1.66. The molecule has 1 aromatic heterocycles. The molecule has 0 fully saturated rings. The second-order valence-electron chi connectivity index (χ2n) is 2.51. The Morgan fingerprint density at radius 1 is 0.846 bits per heavy atom. The summed E-state index contributed by atoms with van der Waals surface area (Å²) in [5, 5.41) is 1.19. The van der Waals surface area contributed by atoms with Crippen molar-refractivity contribution in [2.75, 3.05) is 0 Å². The molecule has 0 saturated carbocycles. The second kappa shape index (κ2) is 4.44. The SMILES string of the molecule is c1ccc(SSc2ccc[nH]2)cc1. The summed E-state index contributed by atoms with van der Waals surface area (Å²) in [6.45, 7) is 0. The van der Waals surface area contributed by atoms with Crippen molar-refractivity contribution in [3.63, 3.8) is 0 Å². The van der Waals surface area contributed by atoms with Gasteiger partial charge >= 0.3 is 0 Å². The maximum absolute atomic E-state index is 3.15. The quantitative estimate of drug-likeness (QED) is 0.770. The number of rotatable bonds is 3. The average molecular weight is 207 g/mol. The lowest BCUT2D eigenvalue weighted by molar-refractivity contribution is 1.21. The van der Waals surface area contributed by atoms with Gasteiger partial charge in [-0.15, -0.1) is 0 Å². The first-order chi connectivity index (χ1) is 6.45. The highest BCUT2D eigenvalue weighted by atomic mass is 33.1. The first kappa shape index (κ1) is 8.78. The zero-order valence-corrected chi connectivity index (χ0v) is 8.57. The van der Waals surface area contributed by atoms with Gasteiger partial charge in [0.25, 0.3) is 0 Å². The van der Waals surface area contributed by atoms with Crippen LogP contribution in [0.25, 0.3) is 0 Å². The van der Waals surface area contributed by atoms with Crippen LogP contribution in [0.4, 0.5) is 0 Å². The molecule has 0 aliphatic rings. The molecule has 0 amide bonds. The Morgan fingerprint density at radius 3 is 2.38 bits per heavy atom. The second-order valence-corrected chi connectivity index (χ2v) is 4.76. The van der Waals surface area contributed by atoms with Gasteiger partial charge in [-0.25, -0.2) is 0 Å². The lowest BCUT2D eigenvalue weighted by Gasteiger charge is -1.97. The largest absolute Gasteiger partial charge is 0.356 e. The number of hydrogen-bond donors (Lipinski definition) is 1.